The van der Waals surface area contributed by atoms with E-state index < -0.39 is 5.92 Å². The predicted molar refractivity (Wildman–Crippen MR) is 103 cm³/mol. The van der Waals surface area contributed by atoms with Gasteiger partial charge in [0, 0.05) is 13.0 Å². The molecule has 0 bridgehead atoms. The molecule has 2 heterocycles. The van der Waals surface area contributed by atoms with Crippen LogP contribution in [0.3, 0.4) is 0 Å². The topological polar surface area (TPSA) is 84.4 Å². The van der Waals surface area contributed by atoms with E-state index in [0.29, 0.717) is 23.1 Å². The zero-order valence-electron chi connectivity index (χ0n) is 14.8. The third-order valence-electron chi connectivity index (χ3n) is 4.03. The third kappa shape index (κ3) is 3.99. The Morgan fingerprint density at radius 3 is 3.00 bits per heavy atom. The molecule has 1 aliphatic rings. The Morgan fingerprint density at radius 2 is 2.27 bits per heavy atom. The Balaban J connectivity index is 1.71. The average Bonchev–Trinajstić information content (AvgIpc) is 3.21. The van der Waals surface area contributed by atoms with Gasteiger partial charge in [-0.1, -0.05) is 36.1 Å². The van der Waals surface area contributed by atoms with Crippen LogP contribution in [0.4, 0.5) is 10.8 Å². The number of methoxy groups -OCH3 is 1. The summed E-state index contributed by atoms with van der Waals surface area (Å²) in [6.07, 6.45) is 0.165. The second-order valence-corrected chi connectivity index (χ2v) is 8.36. The Hall–Kier alpha value is -2.13. The van der Waals surface area contributed by atoms with Gasteiger partial charge in [0.25, 0.3) is 0 Å². The number of thioether (sulfide) groups is 1. The minimum absolute atomic E-state index is 0.0893. The van der Waals surface area contributed by atoms with Crippen LogP contribution >= 0.6 is 23.1 Å². The maximum atomic E-state index is 12.5. The average molecular weight is 393 g/mol. The second kappa shape index (κ2) is 8.05. The van der Waals surface area contributed by atoms with E-state index in [-0.39, 0.29) is 18.2 Å². The molecule has 0 aliphatic carbocycles. The molecule has 1 aromatic carbocycles. The van der Waals surface area contributed by atoms with E-state index >= 15 is 0 Å². The number of hydrogen-bond acceptors (Lipinski definition) is 7. The highest BCUT2D eigenvalue weighted by molar-refractivity contribution is 8.01. The van der Waals surface area contributed by atoms with Crippen molar-refractivity contribution < 1.29 is 14.3 Å². The van der Waals surface area contributed by atoms with E-state index in [0.717, 1.165) is 15.7 Å². The number of carbonyl (C=O) groups is 2. The number of amides is 2. The number of rotatable bonds is 6. The fraction of sp³-hybridized carbons (Fsp3) is 0.412. The van der Waals surface area contributed by atoms with Crippen LogP contribution in [0.15, 0.2) is 22.5 Å². The molecule has 7 nitrogen and oxygen atoms in total. The smallest absolute Gasteiger partial charge is 0.231 e. The summed E-state index contributed by atoms with van der Waals surface area (Å²) in [5, 5.41) is 11.2. The van der Waals surface area contributed by atoms with Crippen LogP contribution in [0, 0.1) is 12.8 Å². The van der Waals surface area contributed by atoms with Gasteiger partial charge in [-0.2, -0.15) is 0 Å². The molecule has 1 aliphatic heterocycles. The first-order valence-corrected chi connectivity index (χ1v) is 10.0. The number of nitrogens with zero attached hydrogens (tertiary/aromatic N) is 3. The van der Waals surface area contributed by atoms with Crippen molar-refractivity contribution in [1.82, 2.24) is 10.2 Å². The second-order valence-electron chi connectivity index (χ2n) is 5.88. The van der Waals surface area contributed by atoms with Gasteiger partial charge in [0.05, 0.1) is 18.7 Å². The monoisotopic (exact) mass is 392 g/mol. The van der Waals surface area contributed by atoms with Gasteiger partial charge in [-0.3, -0.25) is 9.59 Å². The van der Waals surface area contributed by atoms with Gasteiger partial charge in [-0.25, -0.2) is 0 Å². The number of carbonyl (C=O) groups excluding carboxylic acids is 2. The molecule has 0 radical (unpaired) electrons. The van der Waals surface area contributed by atoms with Crippen LogP contribution in [0.25, 0.3) is 0 Å². The van der Waals surface area contributed by atoms with E-state index in [2.05, 4.69) is 15.5 Å². The first-order valence-electron chi connectivity index (χ1n) is 8.24. The van der Waals surface area contributed by atoms with Crippen molar-refractivity contribution in [2.24, 2.45) is 5.92 Å². The molecule has 26 heavy (non-hydrogen) atoms. The van der Waals surface area contributed by atoms with Gasteiger partial charge >= 0.3 is 0 Å². The fourth-order valence-electron chi connectivity index (χ4n) is 2.78. The highest BCUT2D eigenvalue weighted by atomic mass is 32.2. The molecule has 0 spiro atoms. The summed E-state index contributed by atoms with van der Waals surface area (Å²) in [6.45, 7) is 4.30. The van der Waals surface area contributed by atoms with Gasteiger partial charge in [0.1, 0.15) is 5.75 Å². The zero-order chi connectivity index (χ0) is 18.7. The number of ether oxygens (including phenoxy) is 1. The van der Waals surface area contributed by atoms with Crippen molar-refractivity contribution in [3.8, 4) is 5.75 Å². The molecule has 1 atom stereocenters. The molecule has 3 rings (SSSR count). The first kappa shape index (κ1) is 18.7. The summed E-state index contributed by atoms with van der Waals surface area (Å²) in [5.41, 5.74) is 1.72. The van der Waals surface area contributed by atoms with E-state index in [1.807, 2.05) is 32.0 Å². The lowest BCUT2D eigenvalue weighted by Crippen LogP contribution is -2.28. The molecule has 2 amide bonds. The Kier molecular flexibility index (Phi) is 5.77. The van der Waals surface area contributed by atoms with Crippen molar-refractivity contribution in [3.63, 3.8) is 0 Å². The molecule has 138 valence electrons. The van der Waals surface area contributed by atoms with Gasteiger partial charge in [-0.05, 0) is 30.4 Å². The minimum Gasteiger partial charge on any atom is -0.495 e. The SMILES string of the molecule is CCSc1nnc(NC(=O)[C@@H]2CC(=O)N(c3cc(C)ccc3OC)C2)s1. The highest BCUT2D eigenvalue weighted by Gasteiger charge is 2.36. The van der Waals surface area contributed by atoms with Crippen LogP contribution < -0.4 is 15.0 Å². The molecule has 1 saturated heterocycles. The number of aromatic nitrogens is 2. The molecule has 0 saturated carbocycles. The first-order chi connectivity index (χ1) is 12.5. The fourth-order valence-corrected chi connectivity index (χ4v) is 4.43. The molecule has 1 aromatic heterocycles. The van der Waals surface area contributed by atoms with Gasteiger partial charge < -0.3 is 15.0 Å². The summed E-state index contributed by atoms with van der Waals surface area (Å²) in [6, 6.07) is 5.66. The number of nitrogens with one attached hydrogen (secondary N) is 1. The van der Waals surface area contributed by atoms with Crippen molar-refractivity contribution in [2.75, 3.05) is 29.6 Å². The number of anilines is 2. The largest absolute Gasteiger partial charge is 0.495 e. The lowest BCUT2D eigenvalue weighted by Gasteiger charge is -2.20. The summed E-state index contributed by atoms with van der Waals surface area (Å²) in [4.78, 5) is 26.6. The molecule has 2 aromatic rings. The van der Waals surface area contributed by atoms with Crippen LogP contribution in [-0.2, 0) is 9.59 Å². The van der Waals surface area contributed by atoms with Gasteiger partial charge in [0.2, 0.25) is 16.9 Å². The molecule has 0 unspecified atom stereocenters. The zero-order valence-corrected chi connectivity index (χ0v) is 16.4. The van der Waals surface area contributed by atoms with Crippen molar-refractivity contribution >= 4 is 45.7 Å². The molecular weight excluding hydrogens is 372 g/mol. The molecule has 1 N–H and O–H groups in total. The predicted octanol–water partition coefficient (Wildman–Crippen LogP) is 2.96. The number of benzene rings is 1. The minimum atomic E-state index is -0.432. The summed E-state index contributed by atoms with van der Waals surface area (Å²) in [7, 11) is 1.57. The highest BCUT2D eigenvalue weighted by Crippen LogP contribution is 2.34. The summed E-state index contributed by atoms with van der Waals surface area (Å²) >= 11 is 2.92. The van der Waals surface area contributed by atoms with Gasteiger partial charge in [0.15, 0.2) is 4.34 Å². The van der Waals surface area contributed by atoms with Crippen molar-refractivity contribution in [3.05, 3.63) is 23.8 Å². The molecular formula is C17H20N4O3S2. The van der Waals surface area contributed by atoms with Crippen LogP contribution in [0.1, 0.15) is 18.9 Å². The van der Waals surface area contributed by atoms with E-state index in [4.69, 9.17) is 4.74 Å². The maximum absolute atomic E-state index is 12.5. The summed E-state index contributed by atoms with van der Waals surface area (Å²) < 4.78 is 6.18. The maximum Gasteiger partial charge on any atom is 0.231 e. The van der Waals surface area contributed by atoms with E-state index in [1.165, 1.54) is 11.3 Å². The third-order valence-corrected chi connectivity index (χ3v) is 5.88. The number of hydrogen-bond donors (Lipinski definition) is 1. The van der Waals surface area contributed by atoms with Crippen LogP contribution in [0.5, 0.6) is 5.75 Å². The Labute approximate surface area is 160 Å². The number of aryl methyl sites for hydroxylation is 1. The Bertz CT molecular complexity index is 824. The van der Waals surface area contributed by atoms with E-state index in [9.17, 15) is 9.59 Å². The van der Waals surface area contributed by atoms with E-state index in [1.54, 1.807) is 23.8 Å². The van der Waals surface area contributed by atoms with Gasteiger partial charge in [-0.15, -0.1) is 10.2 Å². The van der Waals surface area contributed by atoms with Crippen molar-refractivity contribution in [2.45, 2.75) is 24.6 Å². The van der Waals surface area contributed by atoms with Crippen LogP contribution in [-0.4, -0.2) is 41.4 Å². The summed E-state index contributed by atoms with van der Waals surface area (Å²) in [5.74, 6) is 0.784. The lowest BCUT2D eigenvalue weighted by atomic mass is 10.1. The lowest BCUT2D eigenvalue weighted by molar-refractivity contribution is -0.122. The Morgan fingerprint density at radius 1 is 1.46 bits per heavy atom. The quantitative estimate of drug-likeness (QED) is 0.601. The van der Waals surface area contributed by atoms with Crippen molar-refractivity contribution in [1.29, 1.82) is 0 Å². The normalized spacial score (nSPS) is 16.8. The standard InChI is InChI=1S/C17H20N4O3S2/c1-4-25-17-20-19-16(26-17)18-15(23)11-8-14(22)21(9-11)12-7-10(2)5-6-13(12)24-3/h5-7,11H,4,8-9H2,1-3H3,(H,18,19,23)/t11-/m1/s1. The molecule has 9 heteroatoms. The van der Waals surface area contributed by atoms with Crippen LogP contribution in [0.2, 0.25) is 0 Å². The molecule has 1 fully saturated rings.